The van der Waals surface area contributed by atoms with Crippen LogP contribution in [-0.4, -0.2) is 46.1 Å². The first-order chi connectivity index (χ1) is 12.6. The van der Waals surface area contributed by atoms with Gasteiger partial charge < -0.3 is 4.74 Å². The average molecular weight is 399 g/mol. The molecule has 27 heavy (non-hydrogen) atoms. The Balaban J connectivity index is 2.10. The van der Waals surface area contributed by atoms with E-state index in [-0.39, 0.29) is 19.5 Å². The number of rotatable bonds is 7. The fourth-order valence-corrected chi connectivity index (χ4v) is 4.50. The van der Waals surface area contributed by atoms with Gasteiger partial charge in [0, 0.05) is 19.3 Å². The van der Waals surface area contributed by atoms with Crippen molar-refractivity contribution in [1.82, 2.24) is 15.1 Å². The van der Waals surface area contributed by atoms with Crippen molar-refractivity contribution in [3.05, 3.63) is 30.1 Å². The van der Waals surface area contributed by atoms with Gasteiger partial charge in [0.1, 0.15) is 5.66 Å². The Morgan fingerprint density at radius 1 is 1.44 bits per heavy atom. The maximum absolute atomic E-state index is 13.4. The quantitative estimate of drug-likeness (QED) is 0.310. The van der Waals surface area contributed by atoms with Crippen LogP contribution in [0.15, 0.2) is 24.4 Å². The summed E-state index contributed by atoms with van der Waals surface area (Å²) in [5, 5.41) is 13.0. The van der Waals surface area contributed by atoms with Crippen LogP contribution in [0.1, 0.15) is 39.3 Å². The van der Waals surface area contributed by atoms with Gasteiger partial charge in [0.05, 0.1) is 11.1 Å². The van der Waals surface area contributed by atoms with Gasteiger partial charge in [0.2, 0.25) is 0 Å². The van der Waals surface area contributed by atoms with E-state index in [4.69, 9.17) is 9.26 Å². The normalized spacial score (nSPS) is 20.2. The standard InChI is InChI=1S/C17H26N3O6P/c1-17(2,3)16(22)25-12-26-27(24,14-8-6-10-20(23)15(14)21)19-11-13-7-4-5-9-18-13/h4-5,7,9,14,23H,6,8,10-12H2,1-3H3,(H,19,24). The molecule has 0 saturated carbocycles. The third-order valence-electron chi connectivity index (χ3n) is 4.05. The van der Waals surface area contributed by atoms with Crippen molar-refractivity contribution in [3.8, 4) is 0 Å². The van der Waals surface area contributed by atoms with Gasteiger partial charge >= 0.3 is 5.97 Å². The molecule has 2 unspecified atom stereocenters. The number of pyridine rings is 1. The van der Waals surface area contributed by atoms with Crippen molar-refractivity contribution in [2.75, 3.05) is 13.3 Å². The molecule has 2 N–H and O–H groups in total. The predicted molar refractivity (Wildman–Crippen MR) is 96.7 cm³/mol. The zero-order chi connectivity index (χ0) is 20.1. The summed E-state index contributed by atoms with van der Waals surface area (Å²) in [5.74, 6) is -1.20. The van der Waals surface area contributed by atoms with E-state index in [1.54, 1.807) is 45.2 Å². The predicted octanol–water partition coefficient (Wildman–Crippen LogP) is 2.31. The van der Waals surface area contributed by atoms with Gasteiger partial charge in [-0.25, -0.2) is 10.2 Å². The molecule has 1 amide bonds. The Morgan fingerprint density at radius 2 is 2.19 bits per heavy atom. The SMILES string of the molecule is CC(C)(C)C(=O)OCOP(=O)(NCc1ccccn1)C1CCCN(O)C1=O. The number of piperidine rings is 1. The van der Waals surface area contributed by atoms with E-state index in [0.29, 0.717) is 17.2 Å². The van der Waals surface area contributed by atoms with E-state index in [1.165, 1.54) is 0 Å². The third-order valence-corrected chi connectivity index (χ3v) is 6.44. The zero-order valence-electron chi connectivity index (χ0n) is 15.8. The second kappa shape index (κ2) is 8.93. The van der Waals surface area contributed by atoms with Crippen molar-refractivity contribution in [3.63, 3.8) is 0 Å². The molecule has 0 spiro atoms. The first kappa shape index (κ1) is 21.5. The van der Waals surface area contributed by atoms with Gasteiger partial charge in [0.25, 0.3) is 13.4 Å². The van der Waals surface area contributed by atoms with Crippen molar-refractivity contribution >= 4 is 19.4 Å². The highest BCUT2D eigenvalue weighted by atomic mass is 31.2. The molecule has 2 heterocycles. The van der Waals surface area contributed by atoms with Crippen LogP contribution in [0.25, 0.3) is 0 Å². The molecule has 150 valence electrons. The number of hydroxylamine groups is 2. The Bertz CT molecular complexity index is 706. The van der Waals surface area contributed by atoms with E-state index in [0.717, 1.165) is 0 Å². The molecule has 0 bridgehead atoms. The van der Waals surface area contributed by atoms with Crippen LogP contribution < -0.4 is 5.09 Å². The van der Waals surface area contributed by atoms with Crippen LogP contribution in [-0.2, 0) is 30.0 Å². The number of carbonyl (C=O) groups is 2. The lowest BCUT2D eigenvalue weighted by molar-refractivity contribution is -0.169. The minimum Gasteiger partial charge on any atom is -0.438 e. The second-order valence-electron chi connectivity index (χ2n) is 7.30. The lowest BCUT2D eigenvalue weighted by Gasteiger charge is -2.32. The van der Waals surface area contributed by atoms with E-state index in [2.05, 4.69) is 10.1 Å². The van der Waals surface area contributed by atoms with Crippen LogP contribution >= 0.6 is 7.52 Å². The first-order valence-electron chi connectivity index (χ1n) is 8.70. The molecule has 1 aliphatic heterocycles. The molecular formula is C17H26N3O6P. The molecule has 0 aromatic carbocycles. The number of esters is 1. The third kappa shape index (κ3) is 5.84. The molecule has 0 aliphatic carbocycles. The van der Waals surface area contributed by atoms with E-state index in [1.807, 2.05) is 0 Å². The van der Waals surface area contributed by atoms with Gasteiger partial charge in [-0.05, 0) is 45.7 Å². The molecule has 9 nitrogen and oxygen atoms in total. The summed E-state index contributed by atoms with van der Waals surface area (Å²) in [4.78, 5) is 28.3. The molecule has 0 radical (unpaired) electrons. The summed E-state index contributed by atoms with van der Waals surface area (Å²) in [6.45, 7) is 4.76. The number of hydrogen-bond donors (Lipinski definition) is 2. The average Bonchev–Trinajstić information content (AvgIpc) is 2.62. The lowest BCUT2D eigenvalue weighted by Crippen LogP contribution is -2.44. The van der Waals surface area contributed by atoms with E-state index in [9.17, 15) is 19.4 Å². The lowest BCUT2D eigenvalue weighted by atomic mass is 9.98. The molecule has 10 heteroatoms. The van der Waals surface area contributed by atoms with Gasteiger partial charge in [-0.3, -0.25) is 28.9 Å². The van der Waals surface area contributed by atoms with Gasteiger partial charge in [0.15, 0.2) is 6.79 Å². The highest BCUT2D eigenvalue weighted by Gasteiger charge is 2.44. The van der Waals surface area contributed by atoms with E-state index >= 15 is 0 Å². The molecule has 1 fully saturated rings. The van der Waals surface area contributed by atoms with Crippen LogP contribution in [0.2, 0.25) is 0 Å². The molecule has 1 aromatic rings. The maximum atomic E-state index is 13.4. The van der Waals surface area contributed by atoms with Crippen LogP contribution in [0.3, 0.4) is 0 Å². The number of nitrogens with one attached hydrogen (secondary N) is 1. The summed E-state index contributed by atoms with van der Waals surface area (Å²) in [6.07, 6.45) is 2.36. The van der Waals surface area contributed by atoms with Crippen molar-refractivity contribution in [2.45, 2.75) is 45.8 Å². The minimum absolute atomic E-state index is 0.0978. The number of carbonyl (C=O) groups excluding carboxylic acids is 2. The molecule has 1 saturated heterocycles. The van der Waals surface area contributed by atoms with Crippen molar-refractivity contribution < 1.29 is 28.6 Å². The van der Waals surface area contributed by atoms with E-state index < -0.39 is 37.3 Å². The smallest absolute Gasteiger partial charge is 0.313 e. The number of nitrogens with zero attached hydrogens (tertiary/aromatic N) is 2. The number of aromatic nitrogens is 1. The summed E-state index contributed by atoms with van der Waals surface area (Å²) in [6, 6.07) is 5.26. The Morgan fingerprint density at radius 3 is 2.81 bits per heavy atom. The van der Waals surface area contributed by atoms with Gasteiger partial charge in [-0.15, -0.1) is 0 Å². The Kier molecular flexibility index (Phi) is 7.11. The number of hydrogen-bond acceptors (Lipinski definition) is 7. The molecule has 1 aliphatic rings. The van der Waals surface area contributed by atoms with Gasteiger partial charge in [-0.2, -0.15) is 0 Å². The topological polar surface area (TPSA) is 118 Å². The molecule has 1 aromatic heterocycles. The number of ether oxygens (including phenoxy) is 1. The summed E-state index contributed by atoms with van der Waals surface area (Å²) in [7, 11) is -3.78. The molecular weight excluding hydrogens is 373 g/mol. The van der Waals surface area contributed by atoms with Gasteiger partial charge in [-0.1, -0.05) is 6.07 Å². The Labute approximate surface area is 158 Å². The second-order valence-corrected chi connectivity index (χ2v) is 9.69. The molecule has 2 rings (SSSR count). The van der Waals surface area contributed by atoms with Crippen LogP contribution in [0.4, 0.5) is 0 Å². The van der Waals surface area contributed by atoms with Crippen LogP contribution in [0, 0.1) is 5.41 Å². The fraction of sp³-hybridized carbons (Fsp3) is 0.588. The van der Waals surface area contributed by atoms with Crippen molar-refractivity contribution in [1.29, 1.82) is 0 Å². The minimum atomic E-state index is -3.78. The number of amides is 1. The maximum Gasteiger partial charge on any atom is 0.313 e. The highest BCUT2D eigenvalue weighted by molar-refractivity contribution is 7.58. The summed E-state index contributed by atoms with van der Waals surface area (Å²) < 4.78 is 23.8. The monoisotopic (exact) mass is 399 g/mol. The molecule has 2 atom stereocenters. The largest absolute Gasteiger partial charge is 0.438 e. The fourth-order valence-electron chi connectivity index (χ4n) is 2.47. The summed E-state index contributed by atoms with van der Waals surface area (Å²) in [5.41, 5.74) is -1.19. The van der Waals surface area contributed by atoms with Crippen LogP contribution in [0.5, 0.6) is 0 Å². The summed E-state index contributed by atoms with van der Waals surface area (Å²) >= 11 is 0. The zero-order valence-corrected chi connectivity index (χ0v) is 16.6. The Hall–Kier alpha value is -1.80. The highest BCUT2D eigenvalue weighted by Crippen LogP contribution is 2.51. The first-order valence-corrected chi connectivity index (χ1v) is 10.4. The van der Waals surface area contributed by atoms with Crippen molar-refractivity contribution in [2.24, 2.45) is 5.41 Å².